The first-order chi connectivity index (χ1) is 11.9. The Morgan fingerprint density at radius 3 is 2.84 bits per heavy atom. The molecule has 0 spiro atoms. The third kappa shape index (κ3) is 2.81. The molecule has 0 atom stereocenters. The Labute approximate surface area is 148 Å². The summed E-state index contributed by atoms with van der Waals surface area (Å²) in [4.78, 5) is 5.49. The molecule has 0 aliphatic heterocycles. The van der Waals surface area contributed by atoms with Crippen LogP contribution in [-0.4, -0.2) is 23.0 Å². The minimum Gasteiger partial charge on any atom is -0.360 e. The number of benzene rings is 1. The monoisotopic (exact) mass is 374 g/mol. The summed E-state index contributed by atoms with van der Waals surface area (Å²) in [6.07, 6.45) is 3.84. The summed E-state index contributed by atoms with van der Waals surface area (Å²) < 4.78 is 34.7. The molecule has 0 saturated carbocycles. The van der Waals surface area contributed by atoms with E-state index in [0.29, 0.717) is 11.4 Å². The van der Waals surface area contributed by atoms with Gasteiger partial charge in [-0.25, -0.2) is 13.4 Å². The number of nitrogens with one attached hydrogen (secondary N) is 1. The van der Waals surface area contributed by atoms with Crippen LogP contribution >= 0.6 is 11.3 Å². The smallest absolute Gasteiger partial charge is 0.267 e. The van der Waals surface area contributed by atoms with Crippen LogP contribution < -0.4 is 4.72 Å². The fourth-order valence-corrected chi connectivity index (χ4v) is 4.75. The minimum absolute atomic E-state index is 0.0698. The zero-order valence-corrected chi connectivity index (χ0v) is 15.1. The fraction of sp³-hybridized carbons (Fsp3) is 0.125. The van der Waals surface area contributed by atoms with Crippen molar-refractivity contribution in [1.29, 1.82) is 0 Å². The summed E-state index contributed by atoms with van der Waals surface area (Å²) in [6.45, 7) is 3.17. The molecule has 128 valence electrons. The summed E-state index contributed by atoms with van der Waals surface area (Å²) in [7, 11) is -3.77. The molecule has 1 N–H and O–H groups in total. The number of fused-ring (bicyclic) bond motifs is 1. The van der Waals surface area contributed by atoms with Gasteiger partial charge in [-0.3, -0.25) is 9.12 Å². The Balaban J connectivity index is 1.69. The lowest BCUT2D eigenvalue weighted by atomic mass is 10.1. The summed E-state index contributed by atoms with van der Waals surface area (Å²) in [5.41, 5.74) is 2.39. The van der Waals surface area contributed by atoms with Gasteiger partial charge >= 0.3 is 0 Å². The second kappa shape index (κ2) is 5.71. The van der Waals surface area contributed by atoms with Crippen molar-refractivity contribution in [2.24, 2.45) is 0 Å². The van der Waals surface area contributed by atoms with Crippen LogP contribution in [0.2, 0.25) is 0 Å². The number of sulfonamides is 1. The molecule has 0 unspecified atom stereocenters. The number of aromatic nitrogens is 3. The maximum atomic E-state index is 12.6. The third-order valence-corrected chi connectivity index (χ3v) is 6.14. The molecule has 4 rings (SSSR count). The highest BCUT2D eigenvalue weighted by Gasteiger charge is 2.24. The number of anilines is 1. The van der Waals surface area contributed by atoms with E-state index in [4.69, 9.17) is 4.52 Å². The van der Waals surface area contributed by atoms with Gasteiger partial charge in [0.05, 0.1) is 5.69 Å². The van der Waals surface area contributed by atoms with Gasteiger partial charge in [0, 0.05) is 29.0 Å². The predicted molar refractivity (Wildman–Crippen MR) is 95.3 cm³/mol. The first-order valence-electron chi connectivity index (χ1n) is 7.42. The first-order valence-corrected chi connectivity index (χ1v) is 9.79. The molecule has 7 nitrogen and oxygen atoms in total. The van der Waals surface area contributed by atoms with Gasteiger partial charge in [-0.05, 0) is 26.0 Å². The van der Waals surface area contributed by atoms with E-state index in [1.165, 1.54) is 0 Å². The Morgan fingerprint density at radius 1 is 1.28 bits per heavy atom. The summed E-state index contributed by atoms with van der Waals surface area (Å²) in [5.74, 6) is 0.260. The van der Waals surface area contributed by atoms with Gasteiger partial charge in [-0.1, -0.05) is 17.3 Å². The zero-order chi connectivity index (χ0) is 17.6. The van der Waals surface area contributed by atoms with Crippen LogP contribution in [0, 0.1) is 13.8 Å². The van der Waals surface area contributed by atoms with Gasteiger partial charge in [-0.2, -0.15) is 0 Å². The Hall–Kier alpha value is -2.65. The summed E-state index contributed by atoms with van der Waals surface area (Å²) in [6, 6.07) is 7.12. The average Bonchev–Trinajstić information content (AvgIpc) is 3.22. The van der Waals surface area contributed by atoms with Crippen LogP contribution in [0.3, 0.4) is 0 Å². The maximum Gasteiger partial charge on any atom is 0.267 e. The van der Waals surface area contributed by atoms with Gasteiger partial charge < -0.3 is 4.52 Å². The number of aryl methyl sites for hydroxylation is 2. The van der Waals surface area contributed by atoms with Crippen molar-refractivity contribution in [3.05, 3.63) is 53.5 Å². The largest absolute Gasteiger partial charge is 0.360 e. The Bertz CT molecular complexity index is 1120. The lowest BCUT2D eigenvalue weighted by Gasteiger charge is -2.08. The molecule has 0 saturated heterocycles. The van der Waals surface area contributed by atoms with Crippen LogP contribution in [0.1, 0.15) is 11.5 Å². The van der Waals surface area contributed by atoms with Gasteiger partial charge in [0.1, 0.15) is 5.69 Å². The van der Waals surface area contributed by atoms with E-state index >= 15 is 0 Å². The van der Waals surface area contributed by atoms with Crippen molar-refractivity contribution in [3.8, 4) is 11.3 Å². The molecule has 3 aromatic heterocycles. The molecule has 4 aromatic rings. The molecular weight excluding hydrogens is 360 g/mol. The number of hydrogen-bond acceptors (Lipinski definition) is 6. The van der Waals surface area contributed by atoms with E-state index in [-0.39, 0.29) is 10.7 Å². The van der Waals surface area contributed by atoms with Crippen molar-refractivity contribution in [2.45, 2.75) is 18.7 Å². The highest BCUT2D eigenvalue weighted by molar-refractivity contribution is 7.92. The minimum atomic E-state index is -3.77. The molecule has 0 aliphatic rings. The van der Waals surface area contributed by atoms with Gasteiger partial charge in [0.25, 0.3) is 10.0 Å². The Morgan fingerprint density at radius 2 is 2.12 bits per heavy atom. The highest BCUT2D eigenvalue weighted by atomic mass is 32.2. The standard InChI is InChI=1S/C16H14N4O3S2/c1-10-15(11(2)23-18-10)25(21,22)19-13-5-3-4-12(8-13)14-9-20-6-7-24-16(20)17-14/h3-9,19H,1-2H3. The molecule has 0 bridgehead atoms. The number of imidazole rings is 1. The quantitative estimate of drug-likeness (QED) is 0.591. The van der Waals surface area contributed by atoms with Gasteiger partial charge in [0.15, 0.2) is 15.6 Å². The lowest BCUT2D eigenvalue weighted by Crippen LogP contribution is -2.14. The van der Waals surface area contributed by atoms with Crippen LogP contribution in [0.25, 0.3) is 16.2 Å². The average molecular weight is 374 g/mol. The van der Waals surface area contributed by atoms with E-state index in [0.717, 1.165) is 16.2 Å². The van der Waals surface area contributed by atoms with Gasteiger partial charge in [0.2, 0.25) is 0 Å². The molecule has 0 fully saturated rings. The van der Waals surface area contributed by atoms with Crippen LogP contribution in [0.4, 0.5) is 5.69 Å². The van der Waals surface area contributed by atoms with E-state index < -0.39 is 10.0 Å². The molecule has 25 heavy (non-hydrogen) atoms. The van der Waals surface area contributed by atoms with E-state index in [1.807, 2.05) is 28.2 Å². The molecule has 3 heterocycles. The highest BCUT2D eigenvalue weighted by Crippen LogP contribution is 2.26. The van der Waals surface area contributed by atoms with Crippen LogP contribution in [0.15, 0.2) is 51.5 Å². The first kappa shape index (κ1) is 15.9. The normalized spacial score (nSPS) is 11.9. The summed E-state index contributed by atoms with van der Waals surface area (Å²) >= 11 is 1.54. The molecular formula is C16H14N4O3S2. The Kier molecular flexibility index (Phi) is 3.62. The van der Waals surface area contributed by atoms with E-state index in [1.54, 1.807) is 43.4 Å². The second-order valence-corrected chi connectivity index (χ2v) is 8.05. The second-order valence-electron chi connectivity index (χ2n) is 5.56. The van der Waals surface area contributed by atoms with Crippen LogP contribution in [-0.2, 0) is 10.0 Å². The third-order valence-electron chi connectivity index (χ3n) is 3.74. The molecule has 1 aromatic carbocycles. The SMILES string of the molecule is Cc1noc(C)c1S(=O)(=O)Nc1cccc(-c2cn3ccsc3n2)c1. The molecule has 0 aliphatic carbocycles. The van der Waals surface area contributed by atoms with E-state index in [9.17, 15) is 8.42 Å². The maximum absolute atomic E-state index is 12.6. The zero-order valence-electron chi connectivity index (χ0n) is 13.4. The van der Waals surface area contributed by atoms with Crippen molar-refractivity contribution < 1.29 is 12.9 Å². The number of nitrogens with zero attached hydrogens (tertiary/aromatic N) is 3. The van der Waals surface area contributed by atoms with Crippen molar-refractivity contribution >= 4 is 32.0 Å². The number of hydrogen-bond donors (Lipinski definition) is 1. The van der Waals surface area contributed by atoms with Crippen molar-refractivity contribution in [1.82, 2.24) is 14.5 Å². The van der Waals surface area contributed by atoms with Gasteiger partial charge in [-0.15, -0.1) is 11.3 Å². The molecule has 0 radical (unpaired) electrons. The van der Waals surface area contributed by atoms with Crippen LogP contribution in [0.5, 0.6) is 0 Å². The van der Waals surface area contributed by atoms with Crippen molar-refractivity contribution in [3.63, 3.8) is 0 Å². The van der Waals surface area contributed by atoms with E-state index in [2.05, 4.69) is 14.9 Å². The number of thiazole rings is 1. The molecule has 0 amide bonds. The summed E-state index contributed by atoms with van der Waals surface area (Å²) in [5, 5.41) is 5.66. The van der Waals surface area contributed by atoms with Crippen molar-refractivity contribution in [2.75, 3.05) is 4.72 Å². The lowest BCUT2D eigenvalue weighted by molar-refractivity contribution is 0.390. The predicted octanol–water partition coefficient (Wildman–Crippen LogP) is 3.47. The fourth-order valence-electron chi connectivity index (χ4n) is 2.67. The molecule has 9 heteroatoms. The number of rotatable bonds is 4. The topological polar surface area (TPSA) is 89.5 Å².